The van der Waals surface area contributed by atoms with Crippen molar-refractivity contribution in [2.45, 2.75) is 49.2 Å². The van der Waals surface area contributed by atoms with Crippen molar-refractivity contribution < 1.29 is 4.79 Å². The van der Waals surface area contributed by atoms with E-state index in [2.05, 4.69) is 41.0 Å². The summed E-state index contributed by atoms with van der Waals surface area (Å²) in [6.07, 6.45) is 6.01. The van der Waals surface area contributed by atoms with Crippen LogP contribution < -0.4 is 4.90 Å². The fourth-order valence-corrected chi connectivity index (χ4v) is 4.58. The number of amides is 1. The molecule has 4 heteroatoms. The molecular formula is C18H26N2OS. The number of nitrogens with zero attached hydrogens (tertiary/aromatic N) is 2. The minimum Gasteiger partial charge on any atom is -0.360 e. The Morgan fingerprint density at radius 2 is 1.91 bits per heavy atom. The van der Waals surface area contributed by atoms with Crippen LogP contribution in [0.5, 0.6) is 0 Å². The van der Waals surface area contributed by atoms with Gasteiger partial charge in [0.1, 0.15) is 0 Å². The lowest BCUT2D eigenvalue weighted by Crippen LogP contribution is -2.44. The average Bonchev–Trinajstić information content (AvgIpc) is 2.84. The Labute approximate surface area is 138 Å². The Balaban J connectivity index is 1.71. The van der Waals surface area contributed by atoms with Gasteiger partial charge in [-0.1, -0.05) is 31.9 Å². The molecule has 2 aliphatic rings. The third-order valence-corrected chi connectivity index (χ3v) is 6.08. The largest absolute Gasteiger partial charge is 0.360 e. The number of likely N-dealkylation sites (tertiary alicyclic amines) is 1. The molecule has 1 fully saturated rings. The topological polar surface area (TPSA) is 23.6 Å². The van der Waals surface area contributed by atoms with Crippen molar-refractivity contribution in [2.24, 2.45) is 0 Å². The molecule has 0 saturated carbocycles. The van der Waals surface area contributed by atoms with Crippen LogP contribution in [0.15, 0.2) is 29.2 Å². The first-order chi connectivity index (χ1) is 10.8. The van der Waals surface area contributed by atoms with Gasteiger partial charge < -0.3 is 9.80 Å². The maximum absolute atomic E-state index is 12.7. The molecule has 1 aromatic carbocycles. The van der Waals surface area contributed by atoms with Crippen LogP contribution in [0.3, 0.4) is 0 Å². The Morgan fingerprint density at radius 3 is 2.64 bits per heavy atom. The van der Waals surface area contributed by atoms with E-state index in [0.29, 0.717) is 17.7 Å². The molecule has 2 aliphatic heterocycles. The summed E-state index contributed by atoms with van der Waals surface area (Å²) < 4.78 is 0. The van der Waals surface area contributed by atoms with E-state index >= 15 is 0 Å². The fourth-order valence-electron chi connectivity index (χ4n) is 3.32. The van der Waals surface area contributed by atoms with Gasteiger partial charge in [0.05, 0.1) is 12.2 Å². The fraction of sp³-hybridized carbons (Fsp3) is 0.611. The first-order valence-electron chi connectivity index (χ1n) is 8.56. The van der Waals surface area contributed by atoms with E-state index in [4.69, 9.17) is 0 Å². The van der Waals surface area contributed by atoms with Crippen LogP contribution in [0.2, 0.25) is 0 Å². The van der Waals surface area contributed by atoms with Crippen LogP contribution in [0.4, 0.5) is 5.69 Å². The third kappa shape index (κ3) is 3.60. The van der Waals surface area contributed by atoms with Crippen LogP contribution in [-0.4, -0.2) is 42.2 Å². The summed E-state index contributed by atoms with van der Waals surface area (Å²) in [6.45, 7) is 5.65. The molecule has 1 amide bonds. The summed E-state index contributed by atoms with van der Waals surface area (Å²) in [6, 6.07) is 8.52. The highest BCUT2D eigenvalue weighted by atomic mass is 32.2. The van der Waals surface area contributed by atoms with Crippen LogP contribution in [0, 0.1) is 0 Å². The van der Waals surface area contributed by atoms with Crippen LogP contribution >= 0.6 is 11.8 Å². The summed E-state index contributed by atoms with van der Waals surface area (Å²) in [4.78, 5) is 18.4. The lowest BCUT2D eigenvalue weighted by molar-refractivity contribution is -0.129. The smallest absolute Gasteiger partial charge is 0.242 e. The maximum atomic E-state index is 12.7. The SMILES string of the molecule is CC[C@H]1CN(CC(=O)N2CCCCCC2)c2ccccc2S1. The van der Waals surface area contributed by atoms with Crippen molar-refractivity contribution in [3.05, 3.63) is 24.3 Å². The maximum Gasteiger partial charge on any atom is 0.242 e. The number of benzene rings is 1. The molecule has 0 N–H and O–H groups in total. The summed E-state index contributed by atoms with van der Waals surface area (Å²) >= 11 is 1.96. The van der Waals surface area contributed by atoms with Crippen LogP contribution in [0.25, 0.3) is 0 Å². The Morgan fingerprint density at radius 1 is 1.18 bits per heavy atom. The molecule has 0 spiro atoms. The molecule has 0 bridgehead atoms. The first kappa shape index (κ1) is 15.7. The van der Waals surface area contributed by atoms with E-state index in [-0.39, 0.29) is 0 Å². The molecule has 1 saturated heterocycles. The second-order valence-corrected chi connectivity index (χ2v) is 7.63. The van der Waals surface area contributed by atoms with Crippen molar-refractivity contribution in [1.29, 1.82) is 0 Å². The summed E-state index contributed by atoms with van der Waals surface area (Å²) in [5, 5.41) is 0.590. The number of carbonyl (C=O) groups is 1. The number of hydrogen-bond acceptors (Lipinski definition) is 3. The number of anilines is 1. The van der Waals surface area contributed by atoms with Crippen molar-refractivity contribution in [2.75, 3.05) is 31.1 Å². The monoisotopic (exact) mass is 318 g/mol. The number of para-hydroxylation sites is 1. The predicted octanol–water partition coefficient (Wildman–Crippen LogP) is 3.78. The standard InChI is InChI=1S/C18H26N2OS/c1-2-15-13-20(16-9-5-6-10-17(16)22-15)14-18(21)19-11-7-3-4-8-12-19/h5-6,9-10,15H,2-4,7-8,11-14H2,1H3/t15-/m0/s1. The number of hydrogen-bond donors (Lipinski definition) is 0. The van der Waals surface area contributed by atoms with Crippen molar-refractivity contribution >= 4 is 23.4 Å². The molecule has 3 rings (SSSR count). The van der Waals surface area contributed by atoms with E-state index in [1.54, 1.807) is 0 Å². The Bertz CT molecular complexity index is 512. The van der Waals surface area contributed by atoms with Gasteiger partial charge in [-0.15, -0.1) is 11.8 Å². The highest BCUT2D eigenvalue weighted by Gasteiger charge is 2.26. The molecule has 1 atom stereocenters. The van der Waals surface area contributed by atoms with Gasteiger partial charge >= 0.3 is 0 Å². The van der Waals surface area contributed by atoms with Crippen LogP contribution in [-0.2, 0) is 4.79 Å². The second kappa shape index (κ2) is 7.40. The van der Waals surface area contributed by atoms with Gasteiger partial charge in [-0.05, 0) is 31.4 Å². The quantitative estimate of drug-likeness (QED) is 0.847. The summed E-state index contributed by atoms with van der Waals surface area (Å²) in [7, 11) is 0. The number of rotatable bonds is 3. The van der Waals surface area contributed by atoms with Gasteiger partial charge in [-0.2, -0.15) is 0 Å². The molecule has 0 radical (unpaired) electrons. The first-order valence-corrected chi connectivity index (χ1v) is 9.44. The third-order valence-electron chi connectivity index (χ3n) is 4.66. The van der Waals surface area contributed by atoms with Gasteiger partial charge in [-0.25, -0.2) is 0 Å². The number of thioether (sulfide) groups is 1. The number of fused-ring (bicyclic) bond motifs is 1. The summed E-state index contributed by atoms with van der Waals surface area (Å²) in [5.74, 6) is 0.304. The predicted molar refractivity (Wildman–Crippen MR) is 93.6 cm³/mol. The Hall–Kier alpha value is -1.16. The van der Waals surface area contributed by atoms with E-state index in [9.17, 15) is 4.79 Å². The molecule has 2 heterocycles. The lowest BCUT2D eigenvalue weighted by atomic mass is 10.2. The molecule has 0 aliphatic carbocycles. The molecule has 1 aromatic rings. The minimum absolute atomic E-state index is 0.304. The zero-order valence-electron chi connectivity index (χ0n) is 13.5. The minimum atomic E-state index is 0.304. The van der Waals surface area contributed by atoms with E-state index < -0.39 is 0 Å². The van der Waals surface area contributed by atoms with Crippen LogP contribution in [0.1, 0.15) is 39.0 Å². The highest BCUT2D eigenvalue weighted by Crippen LogP contribution is 2.39. The van der Waals surface area contributed by atoms with Crippen molar-refractivity contribution in [3.63, 3.8) is 0 Å². The van der Waals surface area contributed by atoms with E-state index in [0.717, 1.165) is 38.9 Å². The molecule has 120 valence electrons. The molecule has 0 unspecified atom stereocenters. The zero-order valence-corrected chi connectivity index (χ0v) is 14.3. The highest BCUT2D eigenvalue weighted by molar-refractivity contribution is 8.00. The van der Waals surface area contributed by atoms with Crippen molar-refractivity contribution in [3.8, 4) is 0 Å². The number of carbonyl (C=O) groups excluding carboxylic acids is 1. The zero-order chi connectivity index (χ0) is 15.4. The lowest BCUT2D eigenvalue weighted by Gasteiger charge is -2.36. The average molecular weight is 318 g/mol. The normalized spacial score (nSPS) is 22.1. The van der Waals surface area contributed by atoms with E-state index in [1.807, 2.05) is 11.8 Å². The molecule has 22 heavy (non-hydrogen) atoms. The molecule has 0 aromatic heterocycles. The van der Waals surface area contributed by atoms with E-state index in [1.165, 1.54) is 23.4 Å². The van der Waals surface area contributed by atoms with Crippen molar-refractivity contribution in [1.82, 2.24) is 4.90 Å². The summed E-state index contributed by atoms with van der Waals surface area (Å²) in [5.41, 5.74) is 1.24. The van der Waals surface area contributed by atoms with Gasteiger partial charge in [0.2, 0.25) is 5.91 Å². The van der Waals surface area contributed by atoms with Gasteiger partial charge in [-0.3, -0.25) is 4.79 Å². The second-order valence-electron chi connectivity index (χ2n) is 6.29. The van der Waals surface area contributed by atoms with Gasteiger partial charge in [0, 0.05) is 29.8 Å². The Kier molecular flexibility index (Phi) is 5.29. The van der Waals surface area contributed by atoms with Gasteiger partial charge in [0.25, 0.3) is 0 Å². The molecular weight excluding hydrogens is 292 g/mol. The molecule has 3 nitrogen and oxygen atoms in total. The van der Waals surface area contributed by atoms with Gasteiger partial charge in [0.15, 0.2) is 0 Å².